The van der Waals surface area contributed by atoms with Gasteiger partial charge in [0.15, 0.2) is 0 Å². The molecule has 1 saturated heterocycles. The van der Waals surface area contributed by atoms with Gasteiger partial charge in [-0.05, 0) is 28.7 Å². The molecule has 0 spiro atoms. The Hall–Kier alpha value is -3.43. The number of hydrogen-bond donors (Lipinski definition) is 0. The van der Waals surface area contributed by atoms with E-state index in [1.54, 1.807) is 0 Å². The predicted octanol–water partition coefficient (Wildman–Crippen LogP) is 11.3. The lowest BCUT2D eigenvalue weighted by molar-refractivity contribution is -0.0897. The Morgan fingerprint density at radius 1 is 0.526 bits per heavy atom. The van der Waals surface area contributed by atoms with E-state index < -0.39 is 32.0 Å². The van der Waals surface area contributed by atoms with Gasteiger partial charge in [0.25, 0.3) is 0 Å². The van der Waals surface area contributed by atoms with Crippen molar-refractivity contribution in [3.8, 4) is 0 Å². The van der Waals surface area contributed by atoms with E-state index >= 15 is 0 Å². The first-order valence-corrected chi connectivity index (χ1v) is 22.6. The zero-order valence-corrected chi connectivity index (χ0v) is 34.6. The van der Waals surface area contributed by atoms with Crippen LogP contribution >= 0.6 is 7.60 Å². The quantitative estimate of drug-likeness (QED) is 0.0305. The molecule has 8 nitrogen and oxygen atoms in total. The lowest BCUT2D eigenvalue weighted by atomic mass is 10.1. The summed E-state index contributed by atoms with van der Waals surface area (Å²) < 4.78 is 59.2. The monoisotopic (exact) mass is 798 g/mol. The van der Waals surface area contributed by atoms with Crippen LogP contribution in [-0.2, 0) is 63.7 Å². The van der Waals surface area contributed by atoms with Gasteiger partial charge in [-0.15, -0.1) is 0 Å². The van der Waals surface area contributed by atoms with Crippen molar-refractivity contribution >= 4 is 7.60 Å². The third kappa shape index (κ3) is 17.1. The van der Waals surface area contributed by atoms with Crippen LogP contribution in [0.4, 0.5) is 0 Å². The molecule has 5 rings (SSSR count). The van der Waals surface area contributed by atoms with Crippen molar-refractivity contribution in [3.05, 3.63) is 156 Å². The molecule has 0 amide bonds. The summed E-state index contributed by atoms with van der Waals surface area (Å²) in [5, 5.41) is 0. The number of unbranched alkanes of at least 4 members (excludes halogenated alkanes) is 7. The van der Waals surface area contributed by atoms with Gasteiger partial charge >= 0.3 is 7.60 Å². The fraction of sp³-hybridized carbons (Fsp3) is 0.458. The summed E-state index contributed by atoms with van der Waals surface area (Å²) in [5.41, 5.74) is 3.99. The summed E-state index contributed by atoms with van der Waals surface area (Å²) in [6.07, 6.45) is 11.6. The van der Waals surface area contributed by atoms with E-state index in [0.29, 0.717) is 26.4 Å². The van der Waals surface area contributed by atoms with Gasteiger partial charge in [-0.1, -0.05) is 185 Å². The SMILES string of the molecule is CCCCCCCCCCOC/C=C/COP(=O)(C[C@@H]1O[C@H](COCc2ccccc2)[C@@H](OCc2ccccc2)[C@@H]1OCc1ccccc1)OCc1ccccc1. The zero-order valence-electron chi connectivity index (χ0n) is 33.7. The van der Waals surface area contributed by atoms with Crippen LogP contribution in [-0.4, -0.2) is 57.0 Å². The van der Waals surface area contributed by atoms with Crippen LogP contribution in [0.5, 0.6) is 0 Å². The molecule has 1 heterocycles. The maximum Gasteiger partial charge on any atom is 0.334 e. The zero-order chi connectivity index (χ0) is 39.6. The highest BCUT2D eigenvalue weighted by atomic mass is 31.2. The molecule has 0 N–H and O–H groups in total. The molecule has 1 aliphatic rings. The normalized spacial score (nSPS) is 19.2. The Kier molecular flexibility index (Phi) is 20.8. The lowest BCUT2D eigenvalue weighted by Crippen LogP contribution is -2.40. The number of hydrogen-bond acceptors (Lipinski definition) is 8. The largest absolute Gasteiger partial charge is 0.377 e. The first kappa shape index (κ1) is 44.7. The fourth-order valence-electron chi connectivity index (χ4n) is 6.78. The van der Waals surface area contributed by atoms with E-state index in [-0.39, 0.29) is 26.0 Å². The maximum absolute atomic E-state index is 14.8. The molecule has 0 aliphatic carbocycles. The highest BCUT2D eigenvalue weighted by molar-refractivity contribution is 7.53. The van der Waals surface area contributed by atoms with Crippen LogP contribution in [0.3, 0.4) is 0 Å². The molecule has 0 bridgehead atoms. The van der Waals surface area contributed by atoms with Crippen molar-refractivity contribution in [2.45, 2.75) is 109 Å². The standard InChI is InChI=1S/C48H63O8P/c1-2-3-4-5-6-7-8-21-32-50-33-22-23-34-54-57(49,55-38-44-30-19-12-20-31-44)40-46-48(53-37-43-28-17-11-18-29-43)47(52-36-42-26-15-10-16-27-42)45(56-46)39-51-35-41-24-13-9-14-25-41/h9-20,22-31,45-48H,2-8,21,32-40H2,1H3/b23-22+/t45-,46+,47-,48-,57?/m1/s1. The molecular weight excluding hydrogens is 735 g/mol. The molecule has 9 heteroatoms. The van der Waals surface area contributed by atoms with Crippen LogP contribution in [0.1, 0.15) is 80.5 Å². The van der Waals surface area contributed by atoms with Crippen LogP contribution in [0.25, 0.3) is 0 Å². The molecule has 1 unspecified atom stereocenters. The second kappa shape index (κ2) is 26.5. The molecule has 0 saturated carbocycles. The highest BCUT2D eigenvalue weighted by Gasteiger charge is 2.49. The van der Waals surface area contributed by atoms with Crippen molar-refractivity contribution in [2.24, 2.45) is 0 Å². The van der Waals surface area contributed by atoms with Gasteiger partial charge in [0.2, 0.25) is 0 Å². The van der Waals surface area contributed by atoms with Gasteiger partial charge in [-0.25, -0.2) is 0 Å². The van der Waals surface area contributed by atoms with Crippen molar-refractivity contribution in [1.29, 1.82) is 0 Å². The lowest BCUT2D eigenvalue weighted by Gasteiger charge is -2.27. The summed E-state index contributed by atoms with van der Waals surface area (Å²) in [5.74, 6) is 0. The first-order valence-electron chi connectivity index (χ1n) is 20.8. The van der Waals surface area contributed by atoms with Crippen molar-refractivity contribution in [1.82, 2.24) is 0 Å². The Balaban J connectivity index is 1.25. The van der Waals surface area contributed by atoms with Gasteiger partial charge in [0.05, 0.1) is 58.5 Å². The van der Waals surface area contributed by atoms with Gasteiger partial charge in [0, 0.05) is 6.61 Å². The van der Waals surface area contributed by atoms with E-state index in [1.165, 1.54) is 44.9 Å². The van der Waals surface area contributed by atoms with Gasteiger partial charge in [-0.2, -0.15) is 0 Å². The minimum atomic E-state index is -3.75. The van der Waals surface area contributed by atoms with Crippen molar-refractivity contribution < 1.29 is 37.3 Å². The molecular formula is C48H63O8P. The molecule has 5 atom stereocenters. The summed E-state index contributed by atoms with van der Waals surface area (Å²) in [7, 11) is -3.75. The summed E-state index contributed by atoms with van der Waals surface area (Å²) in [6, 6.07) is 39.8. The first-order chi connectivity index (χ1) is 28.1. The Bertz CT molecular complexity index is 1670. The van der Waals surface area contributed by atoms with E-state index in [1.807, 2.05) is 133 Å². The topological polar surface area (TPSA) is 81.7 Å². The van der Waals surface area contributed by atoms with Gasteiger partial charge in [0.1, 0.15) is 18.3 Å². The summed E-state index contributed by atoms with van der Waals surface area (Å²) >= 11 is 0. The Morgan fingerprint density at radius 3 is 1.56 bits per heavy atom. The fourth-order valence-corrected chi connectivity index (χ4v) is 8.46. The molecule has 4 aromatic carbocycles. The summed E-state index contributed by atoms with van der Waals surface area (Å²) in [4.78, 5) is 0. The molecule has 308 valence electrons. The molecule has 57 heavy (non-hydrogen) atoms. The second-order valence-electron chi connectivity index (χ2n) is 14.6. The minimum Gasteiger partial charge on any atom is -0.377 e. The van der Waals surface area contributed by atoms with E-state index in [0.717, 1.165) is 35.3 Å². The van der Waals surface area contributed by atoms with E-state index in [4.69, 9.17) is 32.7 Å². The molecule has 1 fully saturated rings. The molecule has 0 aromatic heterocycles. The summed E-state index contributed by atoms with van der Waals surface area (Å²) in [6.45, 7) is 5.04. The second-order valence-corrected chi connectivity index (χ2v) is 16.7. The Labute approximate surface area is 341 Å². The highest BCUT2D eigenvalue weighted by Crippen LogP contribution is 2.52. The third-order valence-corrected chi connectivity index (χ3v) is 11.8. The van der Waals surface area contributed by atoms with Crippen LogP contribution in [0, 0.1) is 0 Å². The van der Waals surface area contributed by atoms with Crippen LogP contribution in [0.2, 0.25) is 0 Å². The van der Waals surface area contributed by atoms with Crippen molar-refractivity contribution in [3.63, 3.8) is 0 Å². The van der Waals surface area contributed by atoms with Crippen molar-refractivity contribution in [2.75, 3.05) is 32.6 Å². The average molecular weight is 799 g/mol. The maximum atomic E-state index is 14.8. The number of benzene rings is 4. The predicted molar refractivity (Wildman–Crippen MR) is 227 cm³/mol. The molecule has 1 aliphatic heterocycles. The Morgan fingerprint density at radius 2 is 1.00 bits per heavy atom. The van der Waals surface area contributed by atoms with Gasteiger partial charge in [-0.3, -0.25) is 4.57 Å². The third-order valence-electron chi connectivity index (χ3n) is 9.94. The van der Waals surface area contributed by atoms with E-state index in [2.05, 4.69) is 6.92 Å². The van der Waals surface area contributed by atoms with E-state index in [9.17, 15) is 4.57 Å². The number of ether oxygens (including phenoxy) is 5. The van der Waals surface area contributed by atoms with Gasteiger partial charge < -0.3 is 32.7 Å². The van der Waals surface area contributed by atoms with Crippen LogP contribution in [0.15, 0.2) is 133 Å². The average Bonchev–Trinajstić information content (AvgIpc) is 3.57. The molecule has 4 aromatic rings. The van der Waals surface area contributed by atoms with Crippen LogP contribution < -0.4 is 0 Å². The molecule has 0 radical (unpaired) electrons. The smallest absolute Gasteiger partial charge is 0.334 e. The minimum absolute atomic E-state index is 0.0253. The number of rotatable bonds is 29.